The highest BCUT2D eigenvalue weighted by Gasteiger charge is 2.23. The Balaban J connectivity index is 1.53. The van der Waals surface area contributed by atoms with Crippen LogP contribution >= 0.6 is 0 Å². The summed E-state index contributed by atoms with van der Waals surface area (Å²) in [5.41, 5.74) is 2.82. The molecule has 1 atom stereocenters. The van der Waals surface area contributed by atoms with Crippen molar-refractivity contribution in [3.63, 3.8) is 0 Å². The van der Waals surface area contributed by atoms with Gasteiger partial charge in [-0.2, -0.15) is 0 Å². The first-order chi connectivity index (χ1) is 15.2. The highest BCUT2D eigenvalue weighted by molar-refractivity contribution is 5.91. The molecule has 1 aromatic heterocycles. The first kappa shape index (κ1) is 19.7. The van der Waals surface area contributed by atoms with E-state index in [-0.39, 0.29) is 11.6 Å². The maximum atomic E-state index is 14.1. The van der Waals surface area contributed by atoms with Gasteiger partial charge in [-0.3, -0.25) is 0 Å². The number of allylic oxidation sites excluding steroid dienone is 4. The van der Waals surface area contributed by atoms with Gasteiger partial charge in [0.25, 0.3) is 0 Å². The molecule has 0 spiro atoms. The van der Waals surface area contributed by atoms with Crippen LogP contribution in [-0.2, 0) is 0 Å². The molecule has 5 rings (SSSR count). The number of benzene rings is 2. The number of hydrogen-bond acceptors (Lipinski definition) is 4. The minimum atomic E-state index is -0.292. The van der Waals surface area contributed by atoms with Crippen LogP contribution in [0.5, 0.6) is 5.75 Å². The SMILES string of the molecule is Oc1ccccc1-c1nc(N2CCCC(C3=CC=CCC3)CC2)c2cc(F)ccc2n1. The van der Waals surface area contributed by atoms with E-state index in [9.17, 15) is 9.50 Å². The molecule has 2 aromatic carbocycles. The fourth-order valence-electron chi connectivity index (χ4n) is 4.75. The topological polar surface area (TPSA) is 49.3 Å². The lowest BCUT2D eigenvalue weighted by molar-refractivity contribution is 0.477. The van der Waals surface area contributed by atoms with Crippen molar-refractivity contribution in [2.24, 2.45) is 5.92 Å². The van der Waals surface area contributed by atoms with E-state index >= 15 is 0 Å². The molecule has 1 fully saturated rings. The lowest BCUT2D eigenvalue weighted by Crippen LogP contribution is -2.26. The van der Waals surface area contributed by atoms with Crippen LogP contribution in [0.4, 0.5) is 10.2 Å². The van der Waals surface area contributed by atoms with Crippen LogP contribution in [-0.4, -0.2) is 28.2 Å². The van der Waals surface area contributed by atoms with Crippen molar-refractivity contribution in [3.8, 4) is 17.1 Å². The van der Waals surface area contributed by atoms with E-state index in [0.29, 0.717) is 22.8 Å². The predicted molar refractivity (Wildman–Crippen MR) is 123 cm³/mol. The van der Waals surface area contributed by atoms with Crippen LogP contribution in [0.25, 0.3) is 22.3 Å². The summed E-state index contributed by atoms with van der Waals surface area (Å²) in [5.74, 6) is 1.66. The minimum absolute atomic E-state index is 0.142. The second-order valence-corrected chi connectivity index (χ2v) is 8.37. The molecule has 158 valence electrons. The quantitative estimate of drug-likeness (QED) is 0.568. The summed E-state index contributed by atoms with van der Waals surface area (Å²) in [6, 6.07) is 11.7. The largest absolute Gasteiger partial charge is 0.507 e. The summed E-state index contributed by atoms with van der Waals surface area (Å²) >= 11 is 0. The Bertz CT molecular complexity index is 1170. The van der Waals surface area contributed by atoms with E-state index in [4.69, 9.17) is 4.98 Å². The van der Waals surface area contributed by atoms with E-state index in [2.05, 4.69) is 28.1 Å². The minimum Gasteiger partial charge on any atom is -0.507 e. The van der Waals surface area contributed by atoms with Gasteiger partial charge >= 0.3 is 0 Å². The van der Waals surface area contributed by atoms with Gasteiger partial charge in [-0.05, 0) is 68.4 Å². The molecule has 2 heterocycles. The van der Waals surface area contributed by atoms with Gasteiger partial charge in [-0.15, -0.1) is 0 Å². The van der Waals surface area contributed by atoms with Crippen LogP contribution in [0.1, 0.15) is 32.1 Å². The summed E-state index contributed by atoms with van der Waals surface area (Å²) < 4.78 is 14.1. The number of para-hydroxylation sites is 1. The average molecular weight is 416 g/mol. The molecule has 0 saturated carbocycles. The highest BCUT2D eigenvalue weighted by Crippen LogP contribution is 2.35. The molecule has 2 aliphatic rings. The van der Waals surface area contributed by atoms with Crippen molar-refractivity contribution >= 4 is 16.7 Å². The zero-order chi connectivity index (χ0) is 21.2. The Morgan fingerprint density at radius 3 is 2.77 bits per heavy atom. The van der Waals surface area contributed by atoms with Gasteiger partial charge in [-0.25, -0.2) is 14.4 Å². The van der Waals surface area contributed by atoms with Gasteiger partial charge < -0.3 is 10.0 Å². The van der Waals surface area contributed by atoms with E-state index in [0.717, 1.165) is 50.0 Å². The molecule has 3 aromatic rings. The molecular formula is C26H26FN3O. The Morgan fingerprint density at radius 1 is 1.03 bits per heavy atom. The second kappa shape index (κ2) is 8.50. The Hall–Kier alpha value is -3.21. The number of aromatic nitrogens is 2. The molecule has 1 unspecified atom stereocenters. The molecule has 4 nitrogen and oxygen atoms in total. The normalized spacial score (nSPS) is 19.3. The number of anilines is 1. The number of aromatic hydroxyl groups is 1. The molecule has 0 radical (unpaired) electrons. The van der Waals surface area contributed by atoms with E-state index < -0.39 is 0 Å². The summed E-state index contributed by atoms with van der Waals surface area (Å²) in [4.78, 5) is 11.7. The smallest absolute Gasteiger partial charge is 0.165 e. The fourth-order valence-corrected chi connectivity index (χ4v) is 4.75. The first-order valence-corrected chi connectivity index (χ1v) is 11.1. The third-order valence-electron chi connectivity index (χ3n) is 6.38. The van der Waals surface area contributed by atoms with Crippen LogP contribution in [0, 0.1) is 11.7 Å². The summed E-state index contributed by atoms with van der Waals surface area (Å²) in [7, 11) is 0. The van der Waals surface area contributed by atoms with Crippen LogP contribution in [0.2, 0.25) is 0 Å². The maximum absolute atomic E-state index is 14.1. The van der Waals surface area contributed by atoms with Gasteiger partial charge in [0, 0.05) is 18.5 Å². The number of hydrogen-bond donors (Lipinski definition) is 1. The third-order valence-corrected chi connectivity index (χ3v) is 6.38. The van der Waals surface area contributed by atoms with Gasteiger partial charge in [0.2, 0.25) is 0 Å². The Kier molecular flexibility index (Phi) is 5.41. The summed E-state index contributed by atoms with van der Waals surface area (Å²) in [6.45, 7) is 1.75. The van der Waals surface area contributed by atoms with Crippen molar-refractivity contribution in [1.29, 1.82) is 0 Å². The van der Waals surface area contributed by atoms with Crippen molar-refractivity contribution < 1.29 is 9.50 Å². The average Bonchev–Trinajstić information content (AvgIpc) is 3.06. The number of halogens is 1. The molecule has 5 heteroatoms. The number of phenolic OH excluding ortho intramolecular Hbond substituents is 1. The van der Waals surface area contributed by atoms with Gasteiger partial charge in [0.1, 0.15) is 17.4 Å². The lowest BCUT2D eigenvalue weighted by Gasteiger charge is -2.24. The molecule has 0 amide bonds. The molecular weight excluding hydrogens is 389 g/mol. The van der Waals surface area contributed by atoms with Crippen LogP contribution < -0.4 is 4.90 Å². The van der Waals surface area contributed by atoms with Crippen molar-refractivity contribution in [1.82, 2.24) is 9.97 Å². The number of rotatable bonds is 3. The summed E-state index contributed by atoms with van der Waals surface area (Å²) in [5, 5.41) is 11.1. The standard InChI is InChI=1S/C26H26FN3O/c27-20-12-13-23-22(17-20)26(29-25(28-23)21-10-4-5-11-24(21)31)30-15-6-9-19(14-16-30)18-7-2-1-3-8-18/h1-2,4-5,7,10-13,17,19,31H,3,6,8-9,14-16H2. The van der Waals surface area contributed by atoms with Gasteiger partial charge in [0.05, 0.1) is 11.1 Å². The molecule has 1 N–H and O–H groups in total. The molecule has 31 heavy (non-hydrogen) atoms. The number of fused-ring (bicyclic) bond motifs is 1. The predicted octanol–water partition coefficient (Wildman–Crippen LogP) is 6.02. The van der Waals surface area contributed by atoms with Gasteiger partial charge in [-0.1, -0.05) is 35.9 Å². The Labute approximate surface area is 181 Å². The fraction of sp³-hybridized carbons (Fsp3) is 0.308. The van der Waals surface area contributed by atoms with Crippen molar-refractivity contribution in [3.05, 3.63) is 72.1 Å². The van der Waals surface area contributed by atoms with E-state index in [1.54, 1.807) is 23.8 Å². The monoisotopic (exact) mass is 415 g/mol. The molecule has 1 saturated heterocycles. The van der Waals surface area contributed by atoms with Crippen LogP contribution in [0.3, 0.4) is 0 Å². The van der Waals surface area contributed by atoms with Crippen molar-refractivity contribution in [2.45, 2.75) is 32.1 Å². The lowest BCUT2D eigenvalue weighted by atomic mass is 9.87. The Morgan fingerprint density at radius 2 is 1.94 bits per heavy atom. The zero-order valence-corrected chi connectivity index (χ0v) is 17.5. The van der Waals surface area contributed by atoms with Crippen molar-refractivity contribution in [2.75, 3.05) is 18.0 Å². The van der Waals surface area contributed by atoms with Crippen LogP contribution in [0.15, 0.2) is 66.3 Å². The molecule has 1 aliphatic carbocycles. The zero-order valence-electron chi connectivity index (χ0n) is 17.5. The van der Waals surface area contributed by atoms with E-state index in [1.165, 1.54) is 18.6 Å². The summed E-state index contributed by atoms with van der Waals surface area (Å²) in [6.07, 6.45) is 12.3. The van der Waals surface area contributed by atoms with E-state index in [1.807, 2.05) is 12.1 Å². The maximum Gasteiger partial charge on any atom is 0.165 e. The second-order valence-electron chi connectivity index (χ2n) is 8.37. The number of phenols is 1. The molecule has 0 bridgehead atoms. The first-order valence-electron chi connectivity index (χ1n) is 11.1. The molecule has 1 aliphatic heterocycles. The third kappa shape index (κ3) is 4.05. The van der Waals surface area contributed by atoms with Gasteiger partial charge in [0.15, 0.2) is 5.82 Å². The number of nitrogens with zero attached hydrogens (tertiary/aromatic N) is 3. The highest BCUT2D eigenvalue weighted by atomic mass is 19.1.